The third kappa shape index (κ3) is 4.22. The summed E-state index contributed by atoms with van der Waals surface area (Å²) in [5.41, 5.74) is 0.832. The molecule has 0 unspecified atom stereocenters. The van der Waals surface area contributed by atoms with E-state index in [1.54, 1.807) is 0 Å². The van der Waals surface area contributed by atoms with Gasteiger partial charge in [-0.15, -0.1) is 0 Å². The summed E-state index contributed by atoms with van der Waals surface area (Å²) in [6.07, 6.45) is 0.841. The Morgan fingerprint density at radius 2 is 1.95 bits per heavy atom. The largest absolute Gasteiger partial charge is 0.492 e. The fourth-order valence-electron chi connectivity index (χ4n) is 2.12. The number of benzene rings is 2. The first-order valence-electron chi connectivity index (χ1n) is 7.19. The van der Waals surface area contributed by atoms with Crippen molar-refractivity contribution in [3.05, 3.63) is 42.0 Å². The van der Waals surface area contributed by atoms with Crippen LogP contribution in [0.1, 0.15) is 18.9 Å². The van der Waals surface area contributed by atoms with Crippen LogP contribution in [0.4, 0.5) is 0 Å². The van der Waals surface area contributed by atoms with E-state index in [0.29, 0.717) is 13.2 Å². The summed E-state index contributed by atoms with van der Waals surface area (Å²) < 4.78 is 11.1. The molecule has 0 spiro atoms. The second-order valence-corrected chi connectivity index (χ2v) is 4.52. The molecule has 0 aliphatic heterocycles. The van der Waals surface area contributed by atoms with E-state index in [9.17, 15) is 0 Å². The molecule has 0 fully saturated rings. The molecular weight excluding hydrogens is 264 g/mol. The summed E-state index contributed by atoms with van der Waals surface area (Å²) in [6.45, 7) is 3.83. The zero-order valence-corrected chi connectivity index (χ0v) is 12.3. The predicted molar refractivity (Wildman–Crippen MR) is 84.5 cm³/mol. The third-order valence-corrected chi connectivity index (χ3v) is 3.08. The van der Waals surface area contributed by atoms with Crippen LogP contribution in [0.3, 0.4) is 0 Å². The van der Waals surface area contributed by atoms with Gasteiger partial charge in [-0.2, -0.15) is 0 Å². The average Bonchev–Trinajstić information content (AvgIpc) is 2.53. The molecule has 110 valence electrons. The lowest BCUT2D eigenvalue weighted by Gasteiger charge is -2.11. The number of aliphatic hydroxyl groups is 1. The van der Waals surface area contributed by atoms with E-state index in [1.807, 2.05) is 43.3 Å². The van der Waals surface area contributed by atoms with Crippen LogP contribution in [-0.4, -0.2) is 31.5 Å². The second kappa shape index (κ2) is 8.31. The molecule has 0 aliphatic carbocycles. The minimum absolute atomic E-state index is 0.160. The lowest BCUT2D eigenvalue weighted by Crippen LogP contribution is -2.04. The summed E-state index contributed by atoms with van der Waals surface area (Å²) in [5, 5.41) is 11.1. The van der Waals surface area contributed by atoms with Gasteiger partial charge in [-0.05, 0) is 18.4 Å². The lowest BCUT2D eigenvalue weighted by atomic mass is 10.0. The number of hydrogen-bond donors (Lipinski definition) is 1. The van der Waals surface area contributed by atoms with Crippen LogP contribution in [0.5, 0.6) is 5.75 Å². The maximum atomic E-state index is 8.93. The van der Waals surface area contributed by atoms with Gasteiger partial charge in [0.25, 0.3) is 0 Å². The molecule has 0 saturated carbocycles. The maximum Gasteiger partial charge on any atom is 0.135 e. The Bertz CT molecular complexity index is 638. The van der Waals surface area contributed by atoms with Gasteiger partial charge in [0.1, 0.15) is 12.4 Å². The SMILES string of the molecule is CCOCCCOc1ccc2ccccc2c1C#CCO. The van der Waals surface area contributed by atoms with E-state index in [-0.39, 0.29) is 6.61 Å². The van der Waals surface area contributed by atoms with Crippen LogP contribution in [0.15, 0.2) is 36.4 Å². The molecule has 0 saturated heterocycles. The second-order valence-electron chi connectivity index (χ2n) is 4.52. The third-order valence-electron chi connectivity index (χ3n) is 3.08. The van der Waals surface area contributed by atoms with Gasteiger partial charge in [-0.1, -0.05) is 42.2 Å². The van der Waals surface area contributed by atoms with E-state index in [1.165, 1.54) is 0 Å². The minimum Gasteiger partial charge on any atom is -0.492 e. The number of aliphatic hydroxyl groups excluding tert-OH is 1. The fraction of sp³-hybridized carbons (Fsp3) is 0.333. The van der Waals surface area contributed by atoms with E-state index >= 15 is 0 Å². The van der Waals surface area contributed by atoms with Crippen LogP contribution < -0.4 is 4.74 Å². The monoisotopic (exact) mass is 284 g/mol. The Balaban J connectivity index is 2.21. The predicted octanol–water partition coefficient (Wildman–Crippen LogP) is 2.99. The van der Waals surface area contributed by atoms with Gasteiger partial charge in [-0.25, -0.2) is 0 Å². The molecule has 1 N–H and O–H groups in total. The van der Waals surface area contributed by atoms with Crippen LogP contribution in [0, 0.1) is 11.8 Å². The maximum absolute atomic E-state index is 8.93. The average molecular weight is 284 g/mol. The zero-order valence-electron chi connectivity index (χ0n) is 12.3. The first kappa shape index (κ1) is 15.4. The number of fused-ring (bicyclic) bond motifs is 1. The Hall–Kier alpha value is -2.02. The van der Waals surface area contributed by atoms with Crippen molar-refractivity contribution < 1.29 is 14.6 Å². The summed E-state index contributed by atoms with van der Waals surface area (Å²) >= 11 is 0. The van der Waals surface area contributed by atoms with E-state index in [0.717, 1.165) is 35.1 Å². The molecule has 2 aromatic rings. The normalized spacial score (nSPS) is 10.2. The van der Waals surface area contributed by atoms with Crippen molar-refractivity contribution in [2.75, 3.05) is 26.4 Å². The molecule has 0 amide bonds. The van der Waals surface area contributed by atoms with Crippen molar-refractivity contribution in [1.82, 2.24) is 0 Å². The summed E-state index contributed by atoms with van der Waals surface area (Å²) in [5.74, 6) is 6.47. The van der Waals surface area contributed by atoms with Crippen LogP contribution in [-0.2, 0) is 4.74 Å². The minimum atomic E-state index is -0.160. The van der Waals surface area contributed by atoms with Crippen molar-refractivity contribution in [3.8, 4) is 17.6 Å². The molecule has 0 heterocycles. The van der Waals surface area contributed by atoms with Gasteiger partial charge in [0.15, 0.2) is 0 Å². The van der Waals surface area contributed by atoms with Crippen LogP contribution >= 0.6 is 0 Å². The molecule has 21 heavy (non-hydrogen) atoms. The van der Waals surface area contributed by atoms with Gasteiger partial charge in [0, 0.05) is 25.0 Å². The van der Waals surface area contributed by atoms with Crippen molar-refractivity contribution in [2.45, 2.75) is 13.3 Å². The van der Waals surface area contributed by atoms with Crippen molar-refractivity contribution in [3.63, 3.8) is 0 Å². The topological polar surface area (TPSA) is 38.7 Å². The summed E-state index contributed by atoms with van der Waals surface area (Å²) in [7, 11) is 0. The molecule has 0 bridgehead atoms. The van der Waals surface area contributed by atoms with Gasteiger partial charge in [0.2, 0.25) is 0 Å². The smallest absolute Gasteiger partial charge is 0.135 e. The zero-order chi connectivity index (χ0) is 14.9. The first-order valence-corrected chi connectivity index (χ1v) is 7.19. The molecule has 3 heteroatoms. The van der Waals surface area contributed by atoms with Gasteiger partial charge in [0.05, 0.1) is 12.2 Å². The molecule has 0 radical (unpaired) electrons. The van der Waals surface area contributed by atoms with Gasteiger partial charge in [-0.3, -0.25) is 0 Å². The number of ether oxygens (including phenoxy) is 2. The molecule has 3 nitrogen and oxygen atoms in total. The molecular formula is C18H20O3. The van der Waals surface area contributed by atoms with Crippen molar-refractivity contribution in [1.29, 1.82) is 0 Å². The first-order chi connectivity index (χ1) is 10.4. The van der Waals surface area contributed by atoms with Gasteiger partial charge >= 0.3 is 0 Å². The molecule has 2 aromatic carbocycles. The quantitative estimate of drug-likeness (QED) is 0.654. The van der Waals surface area contributed by atoms with Crippen LogP contribution in [0.2, 0.25) is 0 Å². The summed E-state index contributed by atoms with van der Waals surface area (Å²) in [6, 6.07) is 12.0. The highest BCUT2D eigenvalue weighted by Gasteiger charge is 2.06. The van der Waals surface area contributed by atoms with Crippen molar-refractivity contribution in [2.24, 2.45) is 0 Å². The highest BCUT2D eigenvalue weighted by molar-refractivity contribution is 5.90. The molecule has 0 atom stereocenters. The summed E-state index contributed by atoms with van der Waals surface area (Å²) in [4.78, 5) is 0. The molecule has 0 aliphatic rings. The fourth-order valence-corrected chi connectivity index (χ4v) is 2.12. The highest BCUT2D eigenvalue weighted by Crippen LogP contribution is 2.27. The number of rotatable bonds is 6. The highest BCUT2D eigenvalue weighted by atomic mass is 16.5. The van der Waals surface area contributed by atoms with E-state index < -0.39 is 0 Å². The van der Waals surface area contributed by atoms with Gasteiger partial charge < -0.3 is 14.6 Å². The Morgan fingerprint density at radius 3 is 2.76 bits per heavy atom. The lowest BCUT2D eigenvalue weighted by molar-refractivity contribution is 0.131. The Morgan fingerprint density at radius 1 is 1.10 bits per heavy atom. The molecule has 0 aromatic heterocycles. The Kier molecular flexibility index (Phi) is 6.08. The van der Waals surface area contributed by atoms with Crippen molar-refractivity contribution >= 4 is 10.8 Å². The molecule has 2 rings (SSSR count). The van der Waals surface area contributed by atoms with Crippen LogP contribution in [0.25, 0.3) is 10.8 Å². The van der Waals surface area contributed by atoms with E-state index in [2.05, 4.69) is 11.8 Å². The Labute approximate surface area is 125 Å². The number of hydrogen-bond acceptors (Lipinski definition) is 3. The van der Waals surface area contributed by atoms with E-state index in [4.69, 9.17) is 14.6 Å². The standard InChI is InChI=1S/C18H20O3/c1-2-20-13-6-14-21-18-11-10-15-7-3-4-8-16(15)17(18)9-5-12-19/h3-4,7-8,10-11,19H,2,6,12-14H2,1H3.